The van der Waals surface area contributed by atoms with Crippen LogP contribution in [0.1, 0.15) is 33.1 Å². The van der Waals surface area contributed by atoms with Crippen LogP contribution in [-0.2, 0) is 13.3 Å². The molecule has 0 saturated heterocycles. The molecule has 3 rings (SSSR count). The predicted molar refractivity (Wildman–Crippen MR) is 93.4 cm³/mol. The number of carbonyl (C=O) groups is 1. The number of rotatable bonds is 6. The summed E-state index contributed by atoms with van der Waals surface area (Å²) >= 11 is 0. The fourth-order valence-corrected chi connectivity index (χ4v) is 2.55. The Hall–Kier alpha value is -3.02. The van der Waals surface area contributed by atoms with Crippen molar-refractivity contribution in [1.82, 2.24) is 15.1 Å². The summed E-state index contributed by atoms with van der Waals surface area (Å²) in [6.07, 6.45) is 1.72. The van der Waals surface area contributed by atoms with Crippen molar-refractivity contribution in [1.29, 1.82) is 0 Å². The molecule has 1 aromatic carbocycles. The molecule has 0 aliphatic heterocycles. The van der Waals surface area contributed by atoms with Crippen molar-refractivity contribution in [2.75, 3.05) is 0 Å². The van der Waals surface area contributed by atoms with Gasteiger partial charge in [0, 0.05) is 6.20 Å². The molecule has 2 aromatic heterocycles. The van der Waals surface area contributed by atoms with Crippen molar-refractivity contribution >= 4 is 5.91 Å². The monoisotopic (exact) mass is 339 g/mol. The van der Waals surface area contributed by atoms with Crippen molar-refractivity contribution in [2.24, 2.45) is 0 Å². The minimum Gasteiger partial charge on any atom is -0.471 e. The molecule has 0 aliphatic rings. The third-order valence-electron chi connectivity index (χ3n) is 3.65. The van der Waals surface area contributed by atoms with Gasteiger partial charge in [0.2, 0.25) is 0 Å². The van der Waals surface area contributed by atoms with Crippen molar-refractivity contribution in [3.63, 3.8) is 0 Å². The van der Waals surface area contributed by atoms with E-state index < -0.39 is 0 Å². The molecule has 3 aromatic rings. The molecule has 25 heavy (non-hydrogen) atoms. The van der Waals surface area contributed by atoms with Gasteiger partial charge in [-0.3, -0.25) is 4.79 Å². The van der Waals surface area contributed by atoms with Crippen LogP contribution < -0.4 is 10.1 Å². The van der Waals surface area contributed by atoms with Gasteiger partial charge in [-0.25, -0.2) is 4.68 Å². The first-order chi connectivity index (χ1) is 12.0. The van der Waals surface area contributed by atoms with Crippen LogP contribution in [0.5, 0.6) is 5.75 Å². The molecule has 2 heterocycles. The number of ether oxygens (including phenoxy) is 1. The lowest BCUT2D eigenvalue weighted by molar-refractivity contribution is 0.0941. The Kier molecular flexibility index (Phi) is 4.88. The molecule has 0 radical (unpaired) electrons. The number of benzene rings is 1. The molecule has 0 atom stereocenters. The second-order valence-electron chi connectivity index (χ2n) is 6.03. The van der Waals surface area contributed by atoms with E-state index in [4.69, 9.17) is 9.15 Å². The number of hydrogen-bond acceptors (Lipinski definition) is 4. The van der Waals surface area contributed by atoms with Crippen LogP contribution in [0.4, 0.5) is 0 Å². The Morgan fingerprint density at radius 2 is 1.92 bits per heavy atom. The van der Waals surface area contributed by atoms with Crippen molar-refractivity contribution in [3.8, 4) is 5.75 Å². The average Bonchev–Trinajstić information content (AvgIpc) is 3.19. The Balaban J connectivity index is 1.55. The minimum absolute atomic E-state index is 0.244. The normalized spacial score (nSPS) is 10.7. The van der Waals surface area contributed by atoms with Gasteiger partial charge in [-0.15, -0.1) is 0 Å². The van der Waals surface area contributed by atoms with Gasteiger partial charge in [-0.1, -0.05) is 6.07 Å². The zero-order chi connectivity index (χ0) is 17.8. The van der Waals surface area contributed by atoms with E-state index in [1.807, 2.05) is 45.0 Å². The van der Waals surface area contributed by atoms with Gasteiger partial charge < -0.3 is 14.5 Å². The van der Waals surface area contributed by atoms with Crippen LogP contribution >= 0.6 is 0 Å². The molecule has 0 spiro atoms. The summed E-state index contributed by atoms with van der Waals surface area (Å²) in [4.78, 5) is 12.1. The predicted octanol–water partition coefficient (Wildman–Crippen LogP) is 3.37. The summed E-state index contributed by atoms with van der Waals surface area (Å²) < 4.78 is 12.7. The van der Waals surface area contributed by atoms with Gasteiger partial charge in [0.05, 0.1) is 6.54 Å². The summed E-state index contributed by atoms with van der Waals surface area (Å²) in [5.41, 5.74) is 2.62. The number of hydrogen-bond donors (Lipinski definition) is 1. The Bertz CT molecular complexity index is 859. The van der Waals surface area contributed by atoms with Gasteiger partial charge in [0.25, 0.3) is 5.91 Å². The highest BCUT2D eigenvalue weighted by Gasteiger charge is 2.10. The number of furan rings is 1. The maximum absolute atomic E-state index is 12.1. The number of aromatic nitrogens is 2. The van der Waals surface area contributed by atoms with Crippen molar-refractivity contribution in [2.45, 2.75) is 34.0 Å². The highest BCUT2D eigenvalue weighted by molar-refractivity contribution is 5.92. The van der Waals surface area contributed by atoms with E-state index in [0.717, 1.165) is 22.6 Å². The van der Waals surface area contributed by atoms with Crippen LogP contribution in [0.15, 0.2) is 47.0 Å². The summed E-state index contributed by atoms with van der Waals surface area (Å²) in [7, 11) is 0. The van der Waals surface area contributed by atoms with Crippen LogP contribution in [0, 0.1) is 20.8 Å². The SMILES string of the molecule is Cc1cc(C)cc(OCn2ccc(C(=O)NCc3ccc(C)o3)n2)c1. The molecule has 1 N–H and O–H groups in total. The summed E-state index contributed by atoms with van der Waals surface area (Å²) in [6, 6.07) is 11.4. The lowest BCUT2D eigenvalue weighted by Crippen LogP contribution is -2.23. The largest absolute Gasteiger partial charge is 0.471 e. The standard InChI is InChI=1S/C19H21N3O3/c1-13-8-14(2)10-17(9-13)24-12-22-7-6-18(21-22)19(23)20-11-16-5-4-15(3)25-16/h4-10H,11-12H2,1-3H3,(H,20,23). The number of amides is 1. The van der Waals surface area contributed by atoms with E-state index in [9.17, 15) is 4.79 Å². The summed E-state index contributed by atoms with van der Waals surface area (Å²) in [5.74, 6) is 2.06. The lowest BCUT2D eigenvalue weighted by atomic mass is 10.1. The van der Waals surface area contributed by atoms with Gasteiger partial charge in [-0.05, 0) is 62.2 Å². The quantitative estimate of drug-likeness (QED) is 0.747. The second-order valence-corrected chi connectivity index (χ2v) is 6.03. The van der Waals surface area contributed by atoms with Crippen LogP contribution in [0.25, 0.3) is 0 Å². The molecule has 6 heteroatoms. The first kappa shape index (κ1) is 16.8. The second kappa shape index (κ2) is 7.25. The molecule has 0 aliphatic carbocycles. The van der Waals surface area contributed by atoms with E-state index in [1.165, 1.54) is 0 Å². The third-order valence-corrected chi connectivity index (χ3v) is 3.65. The Morgan fingerprint density at radius 1 is 1.16 bits per heavy atom. The van der Waals surface area contributed by atoms with Crippen LogP contribution in [-0.4, -0.2) is 15.7 Å². The molecule has 6 nitrogen and oxygen atoms in total. The topological polar surface area (TPSA) is 69.3 Å². The van der Waals surface area contributed by atoms with Gasteiger partial charge >= 0.3 is 0 Å². The first-order valence-electron chi connectivity index (χ1n) is 8.08. The Morgan fingerprint density at radius 3 is 2.60 bits per heavy atom. The maximum Gasteiger partial charge on any atom is 0.272 e. The lowest BCUT2D eigenvalue weighted by Gasteiger charge is -2.08. The highest BCUT2D eigenvalue weighted by atomic mass is 16.5. The van der Waals surface area contributed by atoms with E-state index in [-0.39, 0.29) is 12.6 Å². The van der Waals surface area contributed by atoms with Gasteiger partial charge in [-0.2, -0.15) is 5.10 Å². The smallest absolute Gasteiger partial charge is 0.272 e. The molecule has 0 bridgehead atoms. The van der Waals surface area contributed by atoms with Crippen molar-refractivity contribution < 1.29 is 13.9 Å². The minimum atomic E-state index is -0.251. The summed E-state index contributed by atoms with van der Waals surface area (Å²) in [6.45, 7) is 6.49. The van der Waals surface area contributed by atoms with E-state index in [1.54, 1.807) is 16.9 Å². The zero-order valence-electron chi connectivity index (χ0n) is 14.6. The van der Waals surface area contributed by atoms with Gasteiger partial charge in [0.15, 0.2) is 6.73 Å². The average molecular weight is 339 g/mol. The first-order valence-corrected chi connectivity index (χ1v) is 8.08. The molecular weight excluding hydrogens is 318 g/mol. The van der Waals surface area contributed by atoms with E-state index in [2.05, 4.69) is 16.5 Å². The van der Waals surface area contributed by atoms with Gasteiger partial charge in [0.1, 0.15) is 23.0 Å². The molecule has 0 fully saturated rings. The Labute approximate surface area is 146 Å². The fourth-order valence-electron chi connectivity index (χ4n) is 2.55. The highest BCUT2D eigenvalue weighted by Crippen LogP contribution is 2.16. The maximum atomic E-state index is 12.1. The van der Waals surface area contributed by atoms with E-state index >= 15 is 0 Å². The molecule has 0 unspecified atom stereocenters. The molecular formula is C19H21N3O3. The molecule has 0 saturated carbocycles. The number of nitrogens with one attached hydrogen (secondary N) is 1. The van der Waals surface area contributed by atoms with Crippen LogP contribution in [0.3, 0.4) is 0 Å². The summed E-state index contributed by atoms with van der Waals surface area (Å²) in [5, 5.41) is 7.02. The van der Waals surface area contributed by atoms with Crippen molar-refractivity contribution in [3.05, 3.63) is 70.9 Å². The molecule has 130 valence electrons. The van der Waals surface area contributed by atoms with E-state index in [0.29, 0.717) is 18.0 Å². The number of nitrogens with zero attached hydrogens (tertiary/aromatic N) is 2. The number of aryl methyl sites for hydroxylation is 3. The zero-order valence-corrected chi connectivity index (χ0v) is 14.6. The van der Waals surface area contributed by atoms with Crippen LogP contribution in [0.2, 0.25) is 0 Å². The fraction of sp³-hybridized carbons (Fsp3) is 0.263. The number of carbonyl (C=O) groups excluding carboxylic acids is 1. The third kappa shape index (κ3) is 4.50. The molecule has 1 amide bonds.